The van der Waals surface area contributed by atoms with E-state index in [0.717, 1.165) is 44.7 Å². The number of carbonyl (C=O) groups is 3. The maximum absolute atomic E-state index is 13.7. The Labute approximate surface area is 207 Å². The molecule has 8 heteroatoms. The van der Waals surface area contributed by atoms with Crippen LogP contribution in [0.15, 0.2) is 24.3 Å². The lowest BCUT2D eigenvalue weighted by molar-refractivity contribution is -0.138. The summed E-state index contributed by atoms with van der Waals surface area (Å²) in [6, 6.07) is 6.49. The second-order valence-electron chi connectivity index (χ2n) is 11.2. The minimum atomic E-state index is -0.660. The number of ether oxygens (including phenoxy) is 1. The van der Waals surface area contributed by atoms with Crippen molar-refractivity contribution in [1.82, 2.24) is 15.1 Å². The summed E-state index contributed by atoms with van der Waals surface area (Å²) in [5, 5.41) is 3.00. The van der Waals surface area contributed by atoms with Gasteiger partial charge in [-0.15, -0.1) is 0 Å². The molecular weight excluding hydrogens is 444 g/mol. The smallest absolute Gasteiger partial charge is 0.251 e. The zero-order valence-electron chi connectivity index (χ0n) is 21.1. The number of benzene rings is 1. The Morgan fingerprint density at radius 2 is 1.77 bits per heavy atom. The SMILES string of the molecule is CC(C)CC(NC(=O)c1ccc(N2CCN(C)CC2)cc1)C(=O)N1C[C@@H](C2CC2)[C@H]2OCC(=O)[C@H]21. The van der Waals surface area contributed by atoms with Crippen LogP contribution in [-0.4, -0.2) is 92.0 Å². The Balaban J connectivity index is 1.27. The molecule has 1 unspecified atom stereocenters. The number of anilines is 1. The average Bonchev–Trinajstić information content (AvgIpc) is 3.51. The van der Waals surface area contributed by atoms with E-state index >= 15 is 0 Å². The van der Waals surface area contributed by atoms with Crippen LogP contribution in [0.2, 0.25) is 0 Å². The van der Waals surface area contributed by atoms with Crippen molar-refractivity contribution < 1.29 is 19.1 Å². The summed E-state index contributed by atoms with van der Waals surface area (Å²) >= 11 is 0. The van der Waals surface area contributed by atoms with Gasteiger partial charge in [0.25, 0.3) is 5.91 Å². The maximum atomic E-state index is 13.7. The van der Waals surface area contributed by atoms with Gasteiger partial charge in [-0.1, -0.05) is 13.8 Å². The normalized spacial score (nSPS) is 27.9. The summed E-state index contributed by atoms with van der Waals surface area (Å²) in [7, 11) is 2.13. The highest BCUT2D eigenvalue weighted by molar-refractivity contribution is 5.99. The fourth-order valence-corrected chi connectivity index (χ4v) is 5.88. The van der Waals surface area contributed by atoms with E-state index in [1.54, 1.807) is 4.90 Å². The Morgan fingerprint density at radius 1 is 1.09 bits per heavy atom. The number of likely N-dealkylation sites (tertiary alicyclic amines) is 1. The molecule has 3 saturated heterocycles. The third kappa shape index (κ3) is 5.09. The van der Waals surface area contributed by atoms with Crippen LogP contribution in [0.3, 0.4) is 0 Å². The van der Waals surface area contributed by atoms with Crippen molar-refractivity contribution in [1.29, 1.82) is 0 Å². The number of nitrogens with one attached hydrogen (secondary N) is 1. The van der Waals surface area contributed by atoms with E-state index in [1.165, 1.54) is 0 Å². The van der Waals surface area contributed by atoms with Crippen LogP contribution in [0, 0.1) is 17.8 Å². The number of amides is 2. The topological polar surface area (TPSA) is 82.2 Å². The summed E-state index contributed by atoms with van der Waals surface area (Å²) in [5.41, 5.74) is 1.65. The van der Waals surface area contributed by atoms with Gasteiger partial charge < -0.3 is 24.8 Å². The van der Waals surface area contributed by atoms with Crippen molar-refractivity contribution in [3.05, 3.63) is 29.8 Å². The lowest BCUT2D eigenvalue weighted by Crippen LogP contribution is -2.52. The average molecular weight is 483 g/mol. The lowest BCUT2D eigenvalue weighted by Gasteiger charge is -2.34. The highest BCUT2D eigenvalue weighted by atomic mass is 16.5. The van der Waals surface area contributed by atoms with E-state index in [1.807, 2.05) is 38.1 Å². The molecule has 4 aliphatic rings. The van der Waals surface area contributed by atoms with Crippen molar-refractivity contribution >= 4 is 23.3 Å². The molecule has 190 valence electrons. The van der Waals surface area contributed by atoms with Gasteiger partial charge in [-0.25, -0.2) is 0 Å². The molecule has 1 aromatic rings. The van der Waals surface area contributed by atoms with E-state index in [4.69, 9.17) is 4.74 Å². The Morgan fingerprint density at radius 3 is 2.40 bits per heavy atom. The first-order valence-electron chi connectivity index (χ1n) is 13.1. The predicted octanol–water partition coefficient (Wildman–Crippen LogP) is 1.79. The number of nitrogens with zero attached hydrogens (tertiary/aromatic N) is 3. The first kappa shape index (κ1) is 24.3. The van der Waals surface area contributed by atoms with Crippen molar-refractivity contribution in [2.75, 3.05) is 51.3 Å². The van der Waals surface area contributed by atoms with Gasteiger partial charge in [0, 0.05) is 49.9 Å². The number of ketones is 1. The third-order valence-corrected chi connectivity index (χ3v) is 8.04. The Bertz CT molecular complexity index is 952. The molecule has 4 atom stereocenters. The van der Waals surface area contributed by atoms with E-state index in [0.29, 0.717) is 24.4 Å². The molecule has 0 aromatic heterocycles. The second-order valence-corrected chi connectivity index (χ2v) is 11.2. The number of Topliss-reactive ketones (excluding diaryl/α,β-unsaturated/α-hetero) is 1. The molecule has 8 nitrogen and oxygen atoms in total. The van der Waals surface area contributed by atoms with Crippen LogP contribution in [0.1, 0.15) is 43.5 Å². The molecule has 35 heavy (non-hydrogen) atoms. The monoisotopic (exact) mass is 482 g/mol. The molecule has 1 aliphatic carbocycles. The summed E-state index contributed by atoms with van der Waals surface area (Å²) in [6.07, 6.45) is 2.63. The Hall–Kier alpha value is -2.45. The van der Waals surface area contributed by atoms with Gasteiger partial charge in [-0.3, -0.25) is 14.4 Å². The fourth-order valence-electron chi connectivity index (χ4n) is 5.88. The van der Waals surface area contributed by atoms with Crippen molar-refractivity contribution in [2.24, 2.45) is 17.8 Å². The lowest BCUT2D eigenvalue weighted by atomic mass is 9.97. The van der Waals surface area contributed by atoms with Gasteiger partial charge in [-0.05, 0) is 62.4 Å². The molecule has 5 rings (SSSR count). The van der Waals surface area contributed by atoms with Gasteiger partial charge in [-0.2, -0.15) is 0 Å². The van der Waals surface area contributed by atoms with Gasteiger partial charge in [0.05, 0.1) is 6.10 Å². The van der Waals surface area contributed by atoms with E-state index in [9.17, 15) is 14.4 Å². The highest BCUT2D eigenvalue weighted by Crippen LogP contribution is 2.46. The number of fused-ring (bicyclic) bond motifs is 1. The molecule has 1 N–H and O–H groups in total. The highest BCUT2D eigenvalue weighted by Gasteiger charge is 2.56. The summed E-state index contributed by atoms with van der Waals surface area (Å²) in [5.74, 6) is 0.573. The number of carbonyl (C=O) groups excluding carboxylic acids is 3. The number of hydrogen-bond acceptors (Lipinski definition) is 6. The molecule has 3 aliphatic heterocycles. The quantitative estimate of drug-likeness (QED) is 0.638. The number of piperazine rings is 1. The predicted molar refractivity (Wildman–Crippen MR) is 133 cm³/mol. The minimum Gasteiger partial charge on any atom is -0.369 e. The molecule has 0 radical (unpaired) electrons. The fraction of sp³-hybridized carbons (Fsp3) is 0.667. The summed E-state index contributed by atoms with van der Waals surface area (Å²) in [6.45, 7) is 8.70. The molecule has 2 amide bonds. The third-order valence-electron chi connectivity index (χ3n) is 8.04. The second kappa shape index (κ2) is 9.90. The largest absolute Gasteiger partial charge is 0.369 e. The molecule has 0 spiro atoms. The van der Waals surface area contributed by atoms with Gasteiger partial charge in [0.2, 0.25) is 5.91 Å². The maximum Gasteiger partial charge on any atom is 0.251 e. The zero-order chi connectivity index (χ0) is 24.7. The summed E-state index contributed by atoms with van der Waals surface area (Å²) < 4.78 is 5.82. The van der Waals surface area contributed by atoms with Crippen LogP contribution < -0.4 is 10.2 Å². The van der Waals surface area contributed by atoms with Gasteiger partial charge in [0.15, 0.2) is 5.78 Å². The summed E-state index contributed by atoms with van der Waals surface area (Å²) in [4.78, 5) is 45.8. The number of likely N-dealkylation sites (N-methyl/N-ethyl adjacent to an activating group) is 1. The van der Waals surface area contributed by atoms with Crippen molar-refractivity contribution in [3.63, 3.8) is 0 Å². The van der Waals surface area contributed by atoms with E-state index in [2.05, 4.69) is 22.2 Å². The Kier molecular flexibility index (Phi) is 6.86. The number of hydrogen-bond donors (Lipinski definition) is 1. The van der Waals surface area contributed by atoms with Crippen LogP contribution in [0.5, 0.6) is 0 Å². The molecule has 3 heterocycles. The molecule has 1 saturated carbocycles. The van der Waals surface area contributed by atoms with Crippen LogP contribution in [0.4, 0.5) is 5.69 Å². The van der Waals surface area contributed by atoms with E-state index < -0.39 is 12.1 Å². The van der Waals surface area contributed by atoms with Crippen LogP contribution in [-0.2, 0) is 14.3 Å². The van der Waals surface area contributed by atoms with Crippen molar-refractivity contribution in [2.45, 2.75) is 51.3 Å². The van der Waals surface area contributed by atoms with Gasteiger partial charge in [0.1, 0.15) is 18.7 Å². The van der Waals surface area contributed by atoms with E-state index in [-0.39, 0.29) is 42.1 Å². The van der Waals surface area contributed by atoms with Crippen molar-refractivity contribution in [3.8, 4) is 0 Å². The zero-order valence-corrected chi connectivity index (χ0v) is 21.1. The molecule has 0 bridgehead atoms. The molecule has 4 fully saturated rings. The standard InChI is InChI=1S/C27H38N4O4/c1-17(2)14-22(27(34)31-15-21(18-4-5-18)25-24(31)23(32)16-35-25)28-26(33)19-6-8-20(9-7-19)30-12-10-29(3)11-13-30/h6-9,17-18,21-22,24-25H,4-5,10-16H2,1-3H3,(H,28,33)/t21-,22?,24+,25+/m0/s1. The minimum absolute atomic E-state index is 0.0133. The van der Waals surface area contributed by atoms with Crippen LogP contribution >= 0.6 is 0 Å². The molecule has 1 aromatic carbocycles. The number of rotatable bonds is 7. The first-order valence-corrected chi connectivity index (χ1v) is 13.1. The first-order chi connectivity index (χ1) is 16.8. The van der Waals surface area contributed by atoms with Gasteiger partial charge >= 0.3 is 0 Å². The van der Waals surface area contributed by atoms with Crippen LogP contribution in [0.25, 0.3) is 0 Å². The molecular formula is C27H38N4O4.